The van der Waals surface area contributed by atoms with E-state index in [4.69, 9.17) is 4.74 Å². The van der Waals surface area contributed by atoms with Gasteiger partial charge in [0.25, 0.3) is 5.91 Å². The molecule has 4 rings (SSSR count). The van der Waals surface area contributed by atoms with Crippen molar-refractivity contribution in [3.8, 4) is 22.8 Å². The van der Waals surface area contributed by atoms with E-state index in [-0.39, 0.29) is 12.2 Å². The van der Waals surface area contributed by atoms with E-state index >= 15 is 0 Å². The van der Waals surface area contributed by atoms with E-state index < -0.39 is 23.5 Å². The van der Waals surface area contributed by atoms with E-state index in [1.807, 2.05) is 12.1 Å². The number of aromatic nitrogens is 3. The minimum atomic E-state index is -1.66. The van der Waals surface area contributed by atoms with Crippen molar-refractivity contribution in [1.82, 2.24) is 19.9 Å². The largest absolute Gasteiger partial charge is 0.457 e. The highest BCUT2D eigenvalue weighted by molar-refractivity contribution is 5.98. The van der Waals surface area contributed by atoms with Gasteiger partial charge in [0.15, 0.2) is 0 Å². The molecule has 0 spiro atoms. The Morgan fingerprint density at radius 2 is 1.71 bits per heavy atom. The minimum absolute atomic E-state index is 0.129. The maximum absolute atomic E-state index is 13.2. The van der Waals surface area contributed by atoms with Crippen LogP contribution >= 0.6 is 0 Å². The number of nitrogens with zero attached hydrogens (tertiary/aromatic N) is 3. The first-order valence-electron chi connectivity index (χ1n) is 11.9. The van der Waals surface area contributed by atoms with Gasteiger partial charge < -0.3 is 25.0 Å². The van der Waals surface area contributed by atoms with Crippen LogP contribution in [0.4, 0.5) is 10.2 Å². The van der Waals surface area contributed by atoms with Gasteiger partial charge in [-0.2, -0.15) is 0 Å². The molecule has 4 aromatic rings. The maximum Gasteiger partial charge on any atom is 0.252 e. The molecule has 2 aromatic heterocycles. The molecule has 2 amide bonds. The number of carbonyl (C=O) groups excluding carboxylic acids is 2. The van der Waals surface area contributed by atoms with E-state index in [1.165, 1.54) is 26.0 Å². The lowest BCUT2D eigenvalue weighted by Gasteiger charge is -2.22. The summed E-state index contributed by atoms with van der Waals surface area (Å²) < 4.78 is 20.6. The quantitative estimate of drug-likeness (QED) is 0.310. The third-order valence-corrected chi connectivity index (χ3v) is 5.55. The van der Waals surface area contributed by atoms with Gasteiger partial charge in [-0.05, 0) is 74.5 Å². The fourth-order valence-corrected chi connectivity index (χ4v) is 3.54. The van der Waals surface area contributed by atoms with Crippen LogP contribution in [0, 0.1) is 5.82 Å². The molecule has 2 aromatic carbocycles. The SMILES string of the molecule is Cn1cnc(C[C@@H](NC(=O)C(C)(C)O)C(=O)Nc2cccc(-c3ccc(Oc4ccc(F)cc4)cc3)n2)c1. The molecular formula is C28H28FN5O4. The number of carbonyl (C=O) groups is 2. The fourth-order valence-electron chi connectivity index (χ4n) is 3.54. The molecule has 0 unspecified atom stereocenters. The Kier molecular flexibility index (Phi) is 7.82. The molecule has 0 radical (unpaired) electrons. The Morgan fingerprint density at radius 1 is 1.05 bits per heavy atom. The second-order valence-electron chi connectivity index (χ2n) is 9.30. The van der Waals surface area contributed by atoms with Gasteiger partial charge in [0, 0.05) is 25.2 Å². The first-order valence-corrected chi connectivity index (χ1v) is 11.9. The number of amides is 2. The van der Waals surface area contributed by atoms with Crippen LogP contribution in [-0.4, -0.2) is 43.1 Å². The van der Waals surface area contributed by atoms with Crippen molar-refractivity contribution in [2.75, 3.05) is 5.32 Å². The maximum atomic E-state index is 13.2. The van der Waals surface area contributed by atoms with Crippen LogP contribution in [-0.2, 0) is 23.1 Å². The predicted octanol–water partition coefficient (Wildman–Crippen LogP) is 3.85. The first kappa shape index (κ1) is 26.5. The van der Waals surface area contributed by atoms with E-state index in [2.05, 4.69) is 20.6 Å². The molecule has 0 bridgehead atoms. The van der Waals surface area contributed by atoms with Gasteiger partial charge in [-0.1, -0.05) is 6.07 Å². The van der Waals surface area contributed by atoms with Gasteiger partial charge in [-0.3, -0.25) is 9.59 Å². The number of nitrogens with one attached hydrogen (secondary N) is 2. The number of ether oxygens (including phenoxy) is 1. The molecule has 3 N–H and O–H groups in total. The van der Waals surface area contributed by atoms with Crippen molar-refractivity contribution in [3.05, 3.63) is 90.8 Å². The minimum Gasteiger partial charge on any atom is -0.457 e. The highest BCUT2D eigenvalue weighted by Gasteiger charge is 2.30. The van der Waals surface area contributed by atoms with Crippen LogP contribution in [0.2, 0.25) is 0 Å². The molecule has 9 nitrogen and oxygen atoms in total. The third-order valence-electron chi connectivity index (χ3n) is 5.55. The zero-order chi connectivity index (χ0) is 27.3. The van der Waals surface area contributed by atoms with Crippen LogP contribution in [0.1, 0.15) is 19.5 Å². The molecule has 0 saturated carbocycles. The number of imidazole rings is 1. The number of aryl methyl sites for hydroxylation is 1. The standard InChI is InChI=1S/C28H28FN5O4/c1-28(2,37)27(36)32-24(15-20-16-34(3)17-30-20)26(35)33-25-6-4-5-23(31-25)18-7-11-21(12-8-18)38-22-13-9-19(29)10-14-22/h4-14,16-17,24,37H,15H2,1-3H3,(H,32,36)(H,31,33,35)/t24-/m1/s1. The summed E-state index contributed by atoms with van der Waals surface area (Å²) in [5.41, 5.74) is 0.340. The summed E-state index contributed by atoms with van der Waals surface area (Å²) in [5.74, 6) is -0.140. The summed E-state index contributed by atoms with van der Waals surface area (Å²) in [7, 11) is 1.80. The third kappa shape index (κ3) is 7.01. The zero-order valence-corrected chi connectivity index (χ0v) is 21.2. The lowest BCUT2D eigenvalue weighted by Crippen LogP contribution is -2.52. The fraction of sp³-hybridized carbons (Fsp3) is 0.214. The van der Waals surface area contributed by atoms with Crippen LogP contribution in [0.15, 0.2) is 79.3 Å². The van der Waals surface area contributed by atoms with E-state index in [1.54, 1.807) is 66.6 Å². The highest BCUT2D eigenvalue weighted by Crippen LogP contribution is 2.26. The van der Waals surface area contributed by atoms with E-state index in [0.29, 0.717) is 28.7 Å². The molecule has 0 saturated heterocycles. The predicted molar refractivity (Wildman–Crippen MR) is 140 cm³/mol. The Morgan fingerprint density at radius 3 is 2.32 bits per heavy atom. The van der Waals surface area contributed by atoms with Crippen molar-refractivity contribution >= 4 is 17.6 Å². The molecule has 1 atom stereocenters. The molecule has 0 aliphatic rings. The summed E-state index contributed by atoms with van der Waals surface area (Å²) in [4.78, 5) is 34.3. The number of benzene rings is 2. The summed E-state index contributed by atoms with van der Waals surface area (Å²) in [6, 6.07) is 17.1. The number of hydrogen-bond acceptors (Lipinski definition) is 6. The lowest BCUT2D eigenvalue weighted by atomic mass is 10.1. The van der Waals surface area contributed by atoms with Crippen molar-refractivity contribution in [3.63, 3.8) is 0 Å². The second kappa shape index (κ2) is 11.2. The van der Waals surface area contributed by atoms with Crippen molar-refractivity contribution in [2.45, 2.75) is 31.9 Å². The van der Waals surface area contributed by atoms with Crippen LogP contribution < -0.4 is 15.4 Å². The Labute approximate surface area is 219 Å². The number of anilines is 1. The van der Waals surface area contributed by atoms with E-state index in [9.17, 15) is 19.1 Å². The lowest BCUT2D eigenvalue weighted by molar-refractivity contribution is -0.138. The van der Waals surface area contributed by atoms with Crippen LogP contribution in [0.3, 0.4) is 0 Å². The molecule has 196 valence electrons. The van der Waals surface area contributed by atoms with Gasteiger partial charge in [-0.15, -0.1) is 0 Å². The highest BCUT2D eigenvalue weighted by atomic mass is 19.1. The van der Waals surface area contributed by atoms with E-state index in [0.717, 1.165) is 5.56 Å². The average Bonchev–Trinajstić information content (AvgIpc) is 3.29. The smallest absolute Gasteiger partial charge is 0.252 e. The first-order chi connectivity index (χ1) is 18.1. The number of pyridine rings is 1. The van der Waals surface area contributed by atoms with Gasteiger partial charge in [-0.25, -0.2) is 14.4 Å². The molecule has 0 aliphatic carbocycles. The second-order valence-corrected chi connectivity index (χ2v) is 9.30. The topological polar surface area (TPSA) is 118 Å². The summed E-state index contributed by atoms with van der Waals surface area (Å²) >= 11 is 0. The average molecular weight is 518 g/mol. The number of aliphatic hydroxyl groups is 1. The van der Waals surface area contributed by atoms with Gasteiger partial charge in [0.1, 0.15) is 34.8 Å². The molecule has 0 fully saturated rings. The number of hydrogen-bond donors (Lipinski definition) is 3. The summed E-state index contributed by atoms with van der Waals surface area (Å²) in [5, 5.41) is 15.4. The van der Waals surface area contributed by atoms with Crippen LogP contribution in [0.5, 0.6) is 11.5 Å². The van der Waals surface area contributed by atoms with Gasteiger partial charge >= 0.3 is 0 Å². The summed E-state index contributed by atoms with van der Waals surface area (Å²) in [6.45, 7) is 2.69. The Hall–Kier alpha value is -4.57. The van der Waals surface area contributed by atoms with Gasteiger partial charge in [0.05, 0.1) is 17.7 Å². The van der Waals surface area contributed by atoms with Crippen LogP contribution in [0.25, 0.3) is 11.3 Å². The molecule has 38 heavy (non-hydrogen) atoms. The molecule has 0 aliphatic heterocycles. The van der Waals surface area contributed by atoms with Crippen molar-refractivity contribution in [2.24, 2.45) is 7.05 Å². The Balaban J connectivity index is 1.47. The van der Waals surface area contributed by atoms with Crippen molar-refractivity contribution in [1.29, 1.82) is 0 Å². The molecular weight excluding hydrogens is 489 g/mol. The normalized spacial score (nSPS) is 12.0. The molecule has 2 heterocycles. The number of rotatable bonds is 9. The summed E-state index contributed by atoms with van der Waals surface area (Å²) in [6.07, 6.45) is 3.48. The zero-order valence-electron chi connectivity index (χ0n) is 21.2. The van der Waals surface area contributed by atoms with Gasteiger partial charge in [0.2, 0.25) is 5.91 Å². The molecule has 10 heteroatoms. The van der Waals surface area contributed by atoms with Crippen molar-refractivity contribution < 1.29 is 23.8 Å². The Bertz CT molecular complexity index is 1410. The number of halogens is 1. The monoisotopic (exact) mass is 517 g/mol.